The van der Waals surface area contributed by atoms with Gasteiger partial charge >= 0.3 is 0 Å². The van der Waals surface area contributed by atoms with Gasteiger partial charge in [-0.1, -0.05) is 13.8 Å². The van der Waals surface area contributed by atoms with E-state index >= 15 is 0 Å². The van der Waals surface area contributed by atoms with Crippen LogP contribution in [0.15, 0.2) is 12.4 Å². The van der Waals surface area contributed by atoms with Crippen LogP contribution in [0.4, 0.5) is 5.95 Å². The molecule has 0 bridgehead atoms. The summed E-state index contributed by atoms with van der Waals surface area (Å²) in [5.74, 6) is 1.17. The van der Waals surface area contributed by atoms with Crippen LogP contribution in [0.2, 0.25) is 0 Å². The fourth-order valence-corrected chi connectivity index (χ4v) is 2.11. The van der Waals surface area contributed by atoms with Crippen molar-refractivity contribution in [3.8, 4) is 0 Å². The summed E-state index contributed by atoms with van der Waals surface area (Å²) in [6, 6.07) is 0.406. The second-order valence-corrected chi connectivity index (χ2v) is 5.14. The molecule has 2 rings (SSSR count). The van der Waals surface area contributed by atoms with Gasteiger partial charge < -0.3 is 10.4 Å². The van der Waals surface area contributed by atoms with Crippen LogP contribution < -0.4 is 5.32 Å². The molecule has 0 aromatic carbocycles. The Balaban J connectivity index is 1.90. The Morgan fingerprint density at radius 3 is 2.29 bits per heavy atom. The van der Waals surface area contributed by atoms with Crippen molar-refractivity contribution < 1.29 is 5.11 Å². The summed E-state index contributed by atoms with van der Waals surface area (Å²) in [7, 11) is 0. The molecule has 17 heavy (non-hydrogen) atoms. The Bertz CT molecular complexity index is 342. The first-order valence-corrected chi connectivity index (χ1v) is 6.41. The van der Waals surface area contributed by atoms with Crippen molar-refractivity contribution in [3.63, 3.8) is 0 Å². The van der Waals surface area contributed by atoms with Gasteiger partial charge in [-0.3, -0.25) is 0 Å². The quantitative estimate of drug-likeness (QED) is 0.844. The van der Waals surface area contributed by atoms with Crippen LogP contribution in [0.1, 0.15) is 51.0 Å². The maximum Gasteiger partial charge on any atom is 0.222 e. The summed E-state index contributed by atoms with van der Waals surface area (Å²) < 4.78 is 0. The Hall–Kier alpha value is -1.16. The van der Waals surface area contributed by atoms with Crippen molar-refractivity contribution >= 4 is 5.95 Å². The van der Waals surface area contributed by atoms with Gasteiger partial charge in [0, 0.05) is 18.4 Å². The average molecular weight is 235 g/mol. The number of aliphatic hydroxyl groups excluding tert-OH is 1. The molecule has 0 unspecified atom stereocenters. The van der Waals surface area contributed by atoms with Crippen LogP contribution in [-0.2, 0) is 0 Å². The molecule has 0 saturated heterocycles. The van der Waals surface area contributed by atoms with E-state index in [1.54, 1.807) is 0 Å². The molecular formula is C13H21N3O. The molecule has 0 atom stereocenters. The minimum Gasteiger partial charge on any atom is -0.393 e. The van der Waals surface area contributed by atoms with Crippen molar-refractivity contribution in [3.05, 3.63) is 18.0 Å². The number of hydrogen-bond acceptors (Lipinski definition) is 4. The molecule has 0 spiro atoms. The monoisotopic (exact) mass is 235 g/mol. The lowest BCUT2D eigenvalue weighted by Gasteiger charge is -2.26. The van der Waals surface area contributed by atoms with E-state index in [4.69, 9.17) is 0 Å². The molecule has 4 heteroatoms. The third kappa shape index (κ3) is 3.40. The number of nitrogens with one attached hydrogen (secondary N) is 1. The molecule has 1 aromatic heterocycles. The predicted octanol–water partition coefficient (Wildman–Crippen LogP) is 2.32. The third-order valence-electron chi connectivity index (χ3n) is 3.37. The van der Waals surface area contributed by atoms with E-state index in [2.05, 4.69) is 29.1 Å². The molecule has 94 valence electrons. The lowest BCUT2D eigenvalue weighted by molar-refractivity contribution is 0.126. The SMILES string of the molecule is CC(C)c1cnc(NC2CCC(O)CC2)nc1. The van der Waals surface area contributed by atoms with Crippen molar-refractivity contribution in [2.24, 2.45) is 0 Å². The molecule has 0 radical (unpaired) electrons. The molecule has 4 nitrogen and oxygen atoms in total. The van der Waals surface area contributed by atoms with Gasteiger partial charge in [0.1, 0.15) is 0 Å². The largest absolute Gasteiger partial charge is 0.393 e. The van der Waals surface area contributed by atoms with E-state index < -0.39 is 0 Å². The van der Waals surface area contributed by atoms with E-state index in [1.807, 2.05) is 12.4 Å². The highest BCUT2D eigenvalue weighted by atomic mass is 16.3. The first-order valence-electron chi connectivity index (χ1n) is 6.41. The zero-order valence-corrected chi connectivity index (χ0v) is 10.6. The minimum atomic E-state index is -0.114. The second-order valence-electron chi connectivity index (χ2n) is 5.14. The van der Waals surface area contributed by atoms with Crippen LogP contribution >= 0.6 is 0 Å². The highest BCUT2D eigenvalue weighted by Crippen LogP contribution is 2.21. The topological polar surface area (TPSA) is 58.0 Å². The highest BCUT2D eigenvalue weighted by molar-refractivity contribution is 5.27. The van der Waals surface area contributed by atoms with Crippen LogP contribution in [0.5, 0.6) is 0 Å². The van der Waals surface area contributed by atoms with Crippen LogP contribution in [-0.4, -0.2) is 27.2 Å². The van der Waals surface area contributed by atoms with Crippen LogP contribution in [0.25, 0.3) is 0 Å². The van der Waals surface area contributed by atoms with E-state index in [0.717, 1.165) is 31.2 Å². The standard InChI is InChI=1S/C13H21N3O/c1-9(2)10-7-14-13(15-8-10)16-11-3-5-12(17)6-4-11/h7-9,11-12,17H,3-6H2,1-2H3,(H,14,15,16). The first-order chi connectivity index (χ1) is 8.15. The minimum absolute atomic E-state index is 0.114. The lowest BCUT2D eigenvalue weighted by Crippen LogP contribution is -2.28. The number of aromatic nitrogens is 2. The van der Waals surface area contributed by atoms with E-state index in [1.165, 1.54) is 0 Å². The van der Waals surface area contributed by atoms with Gasteiger partial charge in [0.2, 0.25) is 5.95 Å². The molecule has 1 fully saturated rings. The van der Waals surface area contributed by atoms with Gasteiger partial charge in [-0.15, -0.1) is 0 Å². The number of nitrogens with zero attached hydrogens (tertiary/aromatic N) is 2. The van der Waals surface area contributed by atoms with Crippen molar-refractivity contribution in [2.75, 3.05) is 5.32 Å². The molecule has 2 N–H and O–H groups in total. The Morgan fingerprint density at radius 2 is 1.76 bits per heavy atom. The van der Waals surface area contributed by atoms with Gasteiger partial charge in [-0.25, -0.2) is 9.97 Å². The summed E-state index contributed by atoms with van der Waals surface area (Å²) in [6.07, 6.45) is 7.41. The highest BCUT2D eigenvalue weighted by Gasteiger charge is 2.19. The van der Waals surface area contributed by atoms with E-state index in [-0.39, 0.29) is 6.10 Å². The van der Waals surface area contributed by atoms with Gasteiger partial charge in [-0.05, 0) is 37.2 Å². The number of aliphatic hydroxyl groups is 1. The molecule has 1 aliphatic carbocycles. The van der Waals surface area contributed by atoms with Crippen molar-refractivity contribution in [1.29, 1.82) is 0 Å². The molecule has 1 saturated carbocycles. The first kappa shape index (κ1) is 12.3. The smallest absolute Gasteiger partial charge is 0.222 e. The molecule has 1 aromatic rings. The molecule has 0 amide bonds. The van der Waals surface area contributed by atoms with Crippen molar-refractivity contribution in [1.82, 2.24) is 9.97 Å². The zero-order chi connectivity index (χ0) is 12.3. The number of hydrogen-bond donors (Lipinski definition) is 2. The van der Waals surface area contributed by atoms with Crippen LogP contribution in [0, 0.1) is 0 Å². The van der Waals surface area contributed by atoms with Crippen molar-refractivity contribution in [2.45, 2.75) is 57.6 Å². The molecular weight excluding hydrogens is 214 g/mol. The maximum atomic E-state index is 9.43. The second kappa shape index (κ2) is 5.45. The summed E-state index contributed by atoms with van der Waals surface area (Å²) in [5, 5.41) is 12.8. The fraction of sp³-hybridized carbons (Fsp3) is 0.692. The van der Waals surface area contributed by atoms with E-state index in [9.17, 15) is 5.11 Å². The average Bonchev–Trinajstić information content (AvgIpc) is 2.33. The van der Waals surface area contributed by atoms with Gasteiger partial charge in [-0.2, -0.15) is 0 Å². The van der Waals surface area contributed by atoms with Crippen LogP contribution in [0.3, 0.4) is 0 Å². The summed E-state index contributed by atoms with van der Waals surface area (Å²) >= 11 is 0. The molecule has 1 aliphatic rings. The Kier molecular flexibility index (Phi) is 3.94. The van der Waals surface area contributed by atoms with Gasteiger partial charge in [0.25, 0.3) is 0 Å². The maximum absolute atomic E-state index is 9.43. The summed E-state index contributed by atoms with van der Waals surface area (Å²) in [5.41, 5.74) is 1.16. The Labute approximate surface area is 102 Å². The zero-order valence-electron chi connectivity index (χ0n) is 10.6. The summed E-state index contributed by atoms with van der Waals surface area (Å²) in [4.78, 5) is 8.66. The van der Waals surface area contributed by atoms with Gasteiger partial charge in [0.05, 0.1) is 6.10 Å². The fourth-order valence-electron chi connectivity index (χ4n) is 2.11. The molecule has 1 heterocycles. The Morgan fingerprint density at radius 1 is 1.18 bits per heavy atom. The number of rotatable bonds is 3. The number of anilines is 1. The van der Waals surface area contributed by atoms with E-state index in [0.29, 0.717) is 17.9 Å². The predicted molar refractivity (Wildman–Crippen MR) is 68.0 cm³/mol. The normalized spacial score (nSPS) is 24.9. The lowest BCUT2D eigenvalue weighted by atomic mass is 9.93. The third-order valence-corrected chi connectivity index (χ3v) is 3.37. The van der Waals surface area contributed by atoms with Gasteiger partial charge in [0.15, 0.2) is 0 Å². The molecule has 0 aliphatic heterocycles. The summed E-state index contributed by atoms with van der Waals surface area (Å²) in [6.45, 7) is 4.27.